The van der Waals surface area contributed by atoms with Crippen LogP contribution >= 0.6 is 11.6 Å². The Morgan fingerprint density at radius 1 is 1.52 bits per heavy atom. The molecule has 0 radical (unpaired) electrons. The van der Waals surface area contributed by atoms with Gasteiger partial charge >= 0.3 is 0 Å². The third-order valence-electron chi connectivity index (χ3n) is 3.47. The number of halogens is 2. The van der Waals surface area contributed by atoms with Crippen molar-refractivity contribution in [2.75, 3.05) is 11.4 Å². The van der Waals surface area contributed by atoms with E-state index in [1.54, 1.807) is 0 Å². The van der Waals surface area contributed by atoms with Crippen LogP contribution in [0.2, 0.25) is 5.02 Å². The Balaban J connectivity index is 1.86. The normalized spacial score (nSPS) is 18.5. The quantitative estimate of drug-likeness (QED) is 0.874. The van der Waals surface area contributed by atoms with Gasteiger partial charge in [-0.05, 0) is 18.2 Å². The Hall–Kier alpha value is -1.95. The van der Waals surface area contributed by atoms with E-state index in [1.807, 2.05) is 6.92 Å². The lowest BCUT2D eigenvalue weighted by atomic mass is 10.1. The molecule has 21 heavy (non-hydrogen) atoms. The Morgan fingerprint density at radius 2 is 2.33 bits per heavy atom. The van der Waals surface area contributed by atoms with Gasteiger partial charge in [0.15, 0.2) is 5.82 Å². The van der Waals surface area contributed by atoms with E-state index in [1.165, 1.54) is 23.1 Å². The molecule has 0 saturated carbocycles. The van der Waals surface area contributed by atoms with Crippen LogP contribution in [0.3, 0.4) is 0 Å². The molecule has 2 heterocycles. The topological polar surface area (TPSA) is 59.2 Å². The molecule has 1 unspecified atom stereocenters. The number of benzene rings is 1. The molecule has 1 fully saturated rings. The molecule has 1 aliphatic heterocycles. The fourth-order valence-corrected chi connectivity index (χ4v) is 2.54. The van der Waals surface area contributed by atoms with Gasteiger partial charge in [0.05, 0.1) is 11.6 Å². The molecule has 1 aromatic heterocycles. The molecule has 0 bridgehead atoms. The molecule has 3 rings (SSSR count). The number of rotatable bonds is 3. The molecule has 1 amide bonds. The molecule has 1 aromatic carbocycles. The molecular formula is C14H13ClFN3O2. The van der Waals surface area contributed by atoms with Crippen LogP contribution in [0.5, 0.6) is 0 Å². The zero-order valence-corrected chi connectivity index (χ0v) is 12.1. The predicted molar refractivity (Wildman–Crippen MR) is 74.8 cm³/mol. The highest BCUT2D eigenvalue weighted by molar-refractivity contribution is 6.31. The van der Waals surface area contributed by atoms with Crippen LogP contribution in [0, 0.1) is 5.82 Å². The van der Waals surface area contributed by atoms with Gasteiger partial charge in [-0.2, -0.15) is 4.98 Å². The Labute approximate surface area is 125 Å². The van der Waals surface area contributed by atoms with Crippen molar-refractivity contribution in [3.05, 3.63) is 40.8 Å². The Kier molecular flexibility index (Phi) is 3.63. The summed E-state index contributed by atoms with van der Waals surface area (Å²) in [7, 11) is 0. The van der Waals surface area contributed by atoms with Crippen LogP contribution in [0.4, 0.5) is 10.1 Å². The van der Waals surface area contributed by atoms with Crippen molar-refractivity contribution in [3.8, 4) is 0 Å². The first-order chi connectivity index (χ1) is 10.1. The van der Waals surface area contributed by atoms with Crippen molar-refractivity contribution in [3.63, 3.8) is 0 Å². The van der Waals surface area contributed by atoms with Crippen LogP contribution in [0.15, 0.2) is 22.7 Å². The first kappa shape index (κ1) is 14.0. The van der Waals surface area contributed by atoms with Gasteiger partial charge in [-0.25, -0.2) is 4.39 Å². The highest BCUT2D eigenvalue weighted by atomic mass is 35.5. The van der Waals surface area contributed by atoms with Gasteiger partial charge in [-0.15, -0.1) is 0 Å². The summed E-state index contributed by atoms with van der Waals surface area (Å²) in [6.45, 7) is 2.23. The van der Waals surface area contributed by atoms with Crippen molar-refractivity contribution < 1.29 is 13.7 Å². The van der Waals surface area contributed by atoms with Gasteiger partial charge in [-0.3, -0.25) is 4.79 Å². The molecule has 0 aliphatic carbocycles. The van der Waals surface area contributed by atoms with Gasteiger partial charge in [0.25, 0.3) is 0 Å². The molecular weight excluding hydrogens is 297 g/mol. The summed E-state index contributed by atoms with van der Waals surface area (Å²) in [6.07, 6.45) is 0.883. The van der Waals surface area contributed by atoms with Crippen molar-refractivity contribution in [2.24, 2.45) is 0 Å². The smallest absolute Gasteiger partial charge is 0.232 e. The van der Waals surface area contributed by atoms with Gasteiger partial charge in [0.1, 0.15) is 5.82 Å². The van der Waals surface area contributed by atoms with Crippen LogP contribution in [-0.4, -0.2) is 22.6 Å². The maximum absolute atomic E-state index is 13.9. The third kappa shape index (κ3) is 2.63. The van der Waals surface area contributed by atoms with Crippen molar-refractivity contribution in [1.29, 1.82) is 0 Å². The monoisotopic (exact) mass is 309 g/mol. The largest absolute Gasteiger partial charge is 0.339 e. The standard InChI is InChI=1S/C14H13ClFN3O2/c1-2-12-17-14(21-18-12)8-5-13(20)19(7-8)11-6-9(15)3-4-10(11)16/h3-4,6,8H,2,5,7H2,1H3. The molecule has 7 heteroatoms. The second-order valence-corrected chi connectivity index (χ2v) is 5.34. The lowest BCUT2D eigenvalue weighted by Gasteiger charge is -2.17. The average molecular weight is 310 g/mol. The number of aromatic nitrogens is 2. The maximum atomic E-state index is 13.9. The summed E-state index contributed by atoms with van der Waals surface area (Å²) in [5.74, 6) is 0.143. The lowest BCUT2D eigenvalue weighted by molar-refractivity contribution is -0.117. The van der Waals surface area contributed by atoms with E-state index in [-0.39, 0.29) is 23.9 Å². The summed E-state index contributed by atoms with van der Waals surface area (Å²) in [5, 5.41) is 4.21. The number of hydrogen-bond acceptors (Lipinski definition) is 4. The van der Waals surface area contributed by atoms with E-state index in [0.29, 0.717) is 29.7 Å². The molecule has 2 aromatic rings. The Bertz CT molecular complexity index is 689. The zero-order chi connectivity index (χ0) is 15.0. The van der Waals surface area contributed by atoms with Gasteiger partial charge in [0.2, 0.25) is 11.8 Å². The van der Waals surface area contributed by atoms with Gasteiger partial charge < -0.3 is 9.42 Å². The van der Waals surface area contributed by atoms with Crippen molar-refractivity contribution in [1.82, 2.24) is 10.1 Å². The van der Waals surface area contributed by atoms with Crippen molar-refractivity contribution >= 4 is 23.2 Å². The molecule has 0 spiro atoms. The summed E-state index contributed by atoms with van der Waals surface area (Å²) in [5.41, 5.74) is 0.185. The molecule has 1 aliphatic rings. The van der Waals surface area contributed by atoms with Gasteiger partial charge in [-0.1, -0.05) is 23.7 Å². The highest BCUT2D eigenvalue weighted by Gasteiger charge is 2.36. The predicted octanol–water partition coefficient (Wildman–Crippen LogP) is 2.95. The lowest BCUT2D eigenvalue weighted by Crippen LogP contribution is -2.25. The van der Waals surface area contributed by atoms with Crippen LogP contribution < -0.4 is 4.90 Å². The fourth-order valence-electron chi connectivity index (χ4n) is 2.38. The SMILES string of the molecule is CCc1noc(C2CC(=O)N(c3cc(Cl)ccc3F)C2)n1. The highest BCUT2D eigenvalue weighted by Crippen LogP contribution is 2.33. The first-order valence-corrected chi connectivity index (χ1v) is 7.04. The number of anilines is 1. The van der Waals surface area contributed by atoms with E-state index in [0.717, 1.165) is 0 Å². The number of carbonyl (C=O) groups excluding carboxylic acids is 1. The van der Waals surface area contributed by atoms with Crippen LogP contribution in [0.1, 0.15) is 31.0 Å². The first-order valence-electron chi connectivity index (χ1n) is 6.66. The number of amides is 1. The number of carbonyl (C=O) groups is 1. The minimum Gasteiger partial charge on any atom is -0.339 e. The summed E-state index contributed by atoms with van der Waals surface area (Å²) < 4.78 is 19.0. The maximum Gasteiger partial charge on any atom is 0.232 e. The van der Waals surface area contributed by atoms with E-state index in [2.05, 4.69) is 10.1 Å². The number of nitrogens with zero attached hydrogens (tertiary/aromatic N) is 3. The summed E-state index contributed by atoms with van der Waals surface area (Å²) >= 11 is 5.87. The molecule has 5 nitrogen and oxygen atoms in total. The van der Waals surface area contributed by atoms with E-state index in [9.17, 15) is 9.18 Å². The molecule has 0 N–H and O–H groups in total. The van der Waals surface area contributed by atoms with E-state index in [4.69, 9.17) is 16.1 Å². The van der Waals surface area contributed by atoms with E-state index < -0.39 is 5.82 Å². The summed E-state index contributed by atoms with van der Waals surface area (Å²) in [4.78, 5) is 17.7. The zero-order valence-electron chi connectivity index (χ0n) is 11.3. The molecule has 110 valence electrons. The Morgan fingerprint density at radius 3 is 3.05 bits per heavy atom. The fraction of sp³-hybridized carbons (Fsp3) is 0.357. The summed E-state index contributed by atoms with van der Waals surface area (Å²) in [6, 6.07) is 4.15. The molecule has 1 atom stereocenters. The average Bonchev–Trinajstić information content (AvgIpc) is 3.08. The van der Waals surface area contributed by atoms with Gasteiger partial charge in [0, 0.05) is 24.4 Å². The second kappa shape index (κ2) is 5.44. The minimum atomic E-state index is -0.479. The van der Waals surface area contributed by atoms with Crippen molar-refractivity contribution in [2.45, 2.75) is 25.7 Å². The number of aryl methyl sites for hydroxylation is 1. The number of hydrogen-bond donors (Lipinski definition) is 0. The third-order valence-corrected chi connectivity index (χ3v) is 3.71. The second-order valence-electron chi connectivity index (χ2n) is 4.90. The van der Waals surface area contributed by atoms with Crippen LogP contribution in [-0.2, 0) is 11.2 Å². The van der Waals surface area contributed by atoms with Crippen LogP contribution in [0.25, 0.3) is 0 Å². The minimum absolute atomic E-state index is 0.183. The van der Waals surface area contributed by atoms with E-state index >= 15 is 0 Å². The molecule has 1 saturated heterocycles.